The van der Waals surface area contributed by atoms with Crippen molar-refractivity contribution in [2.45, 2.75) is 19.0 Å². The van der Waals surface area contributed by atoms with E-state index in [1.807, 2.05) is 12.1 Å². The van der Waals surface area contributed by atoms with Crippen LogP contribution in [0.2, 0.25) is 0 Å². The van der Waals surface area contributed by atoms with Gasteiger partial charge >= 0.3 is 6.18 Å². The van der Waals surface area contributed by atoms with Crippen molar-refractivity contribution in [2.24, 2.45) is 0 Å². The van der Waals surface area contributed by atoms with Crippen LogP contribution in [-0.4, -0.2) is 31.5 Å². The second-order valence-electron chi connectivity index (χ2n) is 6.67. The Labute approximate surface area is 174 Å². The van der Waals surface area contributed by atoms with Gasteiger partial charge in [-0.3, -0.25) is 14.8 Å². The third-order valence-corrected chi connectivity index (χ3v) is 4.47. The number of hydrogen-bond donors (Lipinski definition) is 1. The van der Waals surface area contributed by atoms with E-state index in [-0.39, 0.29) is 28.4 Å². The van der Waals surface area contributed by atoms with E-state index in [9.17, 15) is 18.0 Å². The van der Waals surface area contributed by atoms with Crippen LogP contribution >= 0.6 is 0 Å². The Morgan fingerprint density at radius 2 is 1.81 bits per heavy atom. The van der Waals surface area contributed by atoms with Crippen LogP contribution in [-0.2, 0) is 12.6 Å². The number of alkyl halides is 3. The molecule has 0 aliphatic heterocycles. The number of ether oxygens (including phenoxy) is 1. The third-order valence-electron chi connectivity index (χ3n) is 4.47. The number of nitrogens with zero attached hydrogens (tertiary/aromatic N) is 4. The van der Waals surface area contributed by atoms with Gasteiger partial charge in [-0.25, -0.2) is 9.97 Å². The normalized spacial score (nSPS) is 11.6. The number of hydrogen-bond acceptors (Lipinski definition) is 6. The highest BCUT2D eigenvalue weighted by Gasteiger charge is 2.31. The van der Waals surface area contributed by atoms with Crippen LogP contribution in [0.3, 0.4) is 0 Å². The van der Waals surface area contributed by atoms with E-state index >= 15 is 0 Å². The highest BCUT2D eigenvalue weighted by atomic mass is 19.4. The quantitative estimate of drug-likeness (QED) is 0.471. The Bertz CT molecular complexity index is 1260. The molecular formula is C21H16F3N5O2. The van der Waals surface area contributed by atoms with Crippen molar-refractivity contribution >= 4 is 11.0 Å². The number of aromatic amines is 1. The molecule has 4 rings (SSSR count). The lowest BCUT2D eigenvalue weighted by Crippen LogP contribution is -2.13. The lowest BCUT2D eigenvalue weighted by atomic mass is 10.1. The first-order valence-corrected chi connectivity index (χ1v) is 9.36. The Kier molecular flexibility index (Phi) is 5.61. The minimum Gasteiger partial charge on any atom is -0.478 e. The molecule has 0 unspecified atom stereocenters. The van der Waals surface area contributed by atoms with Crippen LogP contribution in [0.1, 0.15) is 17.5 Å². The molecule has 0 spiro atoms. The number of nitrogens with one attached hydrogen (secondary N) is 1. The lowest BCUT2D eigenvalue weighted by molar-refractivity contribution is -0.137. The topological polar surface area (TPSA) is 93.7 Å². The molecule has 0 aromatic carbocycles. The Hall–Kier alpha value is -3.82. The fourth-order valence-electron chi connectivity index (χ4n) is 2.95. The number of halogens is 3. The molecule has 4 heterocycles. The van der Waals surface area contributed by atoms with E-state index in [2.05, 4.69) is 24.9 Å². The zero-order valence-electron chi connectivity index (χ0n) is 16.1. The fourth-order valence-corrected chi connectivity index (χ4v) is 2.95. The molecular weight excluding hydrogens is 411 g/mol. The third kappa shape index (κ3) is 4.85. The fraction of sp³-hybridized carbons (Fsp3) is 0.190. The standard InChI is InChI=1S/C21H16F3N5O2/c22-21(23,24)14-7-10-26-16(12-14)19-27-15-3-4-17(28-18(15)20(30)29-19)31-11-1-2-13-5-8-25-9-6-13/h3-10,12H,1-2,11H2,(H,27,29,30). The van der Waals surface area contributed by atoms with Gasteiger partial charge in [0.1, 0.15) is 5.69 Å². The maximum Gasteiger partial charge on any atom is 0.416 e. The van der Waals surface area contributed by atoms with Gasteiger partial charge in [-0.05, 0) is 48.7 Å². The minimum atomic E-state index is -4.53. The highest BCUT2D eigenvalue weighted by molar-refractivity contribution is 5.75. The van der Waals surface area contributed by atoms with Gasteiger partial charge in [-0.15, -0.1) is 0 Å². The summed E-state index contributed by atoms with van der Waals surface area (Å²) in [7, 11) is 0. The monoisotopic (exact) mass is 427 g/mol. The van der Waals surface area contributed by atoms with Crippen LogP contribution in [0, 0.1) is 0 Å². The van der Waals surface area contributed by atoms with E-state index < -0.39 is 17.3 Å². The Morgan fingerprint density at radius 3 is 2.58 bits per heavy atom. The van der Waals surface area contributed by atoms with E-state index in [4.69, 9.17) is 4.74 Å². The second kappa shape index (κ2) is 8.50. The molecule has 0 amide bonds. The number of aromatic nitrogens is 5. The van der Waals surface area contributed by atoms with E-state index in [0.29, 0.717) is 6.61 Å². The Morgan fingerprint density at radius 1 is 1.00 bits per heavy atom. The molecule has 0 atom stereocenters. The van der Waals surface area contributed by atoms with Crippen molar-refractivity contribution in [1.82, 2.24) is 24.9 Å². The smallest absolute Gasteiger partial charge is 0.416 e. The summed E-state index contributed by atoms with van der Waals surface area (Å²) < 4.78 is 44.4. The van der Waals surface area contributed by atoms with Gasteiger partial charge in [-0.2, -0.15) is 13.2 Å². The number of pyridine rings is 3. The number of aryl methyl sites for hydroxylation is 1. The van der Waals surface area contributed by atoms with Gasteiger partial charge < -0.3 is 9.72 Å². The van der Waals surface area contributed by atoms with Crippen LogP contribution in [0.25, 0.3) is 22.6 Å². The van der Waals surface area contributed by atoms with Crippen molar-refractivity contribution in [1.29, 1.82) is 0 Å². The molecule has 0 bridgehead atoms. The summed E-state index contributed by atoms with van der Waals surface area (Å²) in [5, 5.41) is 0. The highest BCUT2D eigenvalue weighted by Crippen LogP contribution is 2.30. The van der Waals surface area contributed by atoms with Gasteiger partial charge in [0.25, 0.3) is 5.56 Å². The molecule has 0 saturated carbocycles. The molecule has 0 radical (unpaired) electrons. The van der Waals surface area contributed by atoms with Crippen molar-refractivity contribution in [3.8, 4) is 17.4 Å². The SMILES string of the molecule is O=c1[nH]c(-c2cc(C(F)(F)F)ccn2)nc2ccc(OCCCc3ccncc3)nc12. The molecule has 31 heavy (non-hydrogen) atoms. The average Bonchev–Trinajstić information content (AvgIpc) is 2.77. The molecule has 0 saturated heterocycles. The lowest BCUT2D eigenvalue weighted by Gasteiger charge is -2.09. The summed E-state index contributed by atoms with van der Waals surface area (Å²) >= 11 is 0. The van der Waals surface area contributed by atoms with E-state index in [1.54, 1.807) is 18.5 Å². The number of fused-ring (bicyclic) bond motifs is 1. The molecule has 4 aromatic rings. The van der Waals surface area contributed by atoms with Gasteiger partial charge in [-0.1, -0.05) is 0 Å². The molecule has 0 aliphatic carbocycles. The minimum absolute atomic E-state index is 0.0300. The summed E-state index contributed by atoms with van der Waals surface area (Å²) in [6, 6.07) is 8.63. The van der Waals surface area contributed by atoms with Crippen LogP contribution in [0.4, 0.5) is 13.2 Å². The molecule has 4 aromatic heterocycles. The molecule has 0 aliphatic rings. The number of H-pyrrole nitrogens is 1. The summed E-state index contributed by atoms with van der Waals surface area (Å²) in [6.45, 7) is 0.401. The van der Waals surface area contributed by atoms with Gasteiger partial charge in [0.05, 0.1) is 17.7 Å². The first kappa shape index (κ1) is 20.5. The van der Waals surface area contributed by atoms with E-state index in [1.165, 1.54) is 6.07 Å². The largest absolute Gasteiger partial charge is 0.478 e. The van der Waals surface area contributed by atoms with Crippen molar-refractivity contribution in [3.05, 3.63) is 76.5 Å². The molecule has 1 N–H and O–H groups in total. The van der Waals surface area contributed by atoms with Gasteiger partial charge in [0, 0.05) is 24.7 Å². The van der Waals surface area contributed by atoms with Crippen molar-refractivity contribution in [3.63, 3.8) is 0 Å². The Balaban J connectivity index is 1.51. The summed E-state index contributed by atoms with van der Waals surface area (Å²) in [6.07, 6.45) is 1.50. The van der Waals surface area contributed by atoms with Crippen molar-refractivity contribution < 1.29 is 17.9 Å². The predicted molar refractivity (Wildman–Crippen MR) is 106 cm³/mol. The average molecular weight is 427 g/mol. The number of rotatable bonds is 6. The molecule has 10 heteroatoms. The maximum atomic E-state index is 12.9. The summed E-state index contributed by atoms with van der Waals surface area (Å²) in [5.74, 6) is 0.191. The zero-order valence-corrected chi connectivity index (χ0v) is 16.1. The van der Waals surface area contributed by atoms with E-state index in [0.717, 1.165) is 36.7 Å². The van der Waals surface area contributed by atoms with Crippen LogP contribution in [0.15, 0.2) is 59.8 Å². The van der Waals surface area contributed by atoms with Crippen LogP contribution < -0.4 is 10.3 Å². The first-order chi connectivity index (χ1) is 14.9. The summed E-state index contributed by atoms with van der Waals surface area (Å²) in [4.78, 5) is 31.1. The van der Waals surface area contributed by atoms with Crippen LogP contribution in [0.5, 0.6) is 5.88 Å². The summed E-state index contributed by atoms with van der Waals surface area (Å²) in [5.41, 5.74) is -0.175. The predicted octanol–water partition coefficient (Wildman–Crippen LogP) is 3.81. The van der Waals surface area contributed by atoms with Gasteiger partial charge in [0.2, 0.25) is 5.88 Å². The molecule has 7 nitrogen and oxygen atoms in total. The first-order valence-electron chi connectivity index (χ1n) is 9.36. The maximum absolute atomic E-state index is 12.9. The molecule has 158 valence electrons. The van der Waals surface area contributed by atoms with Crippen molar-refractivity contribution in [2.75, 3.05) is 6.61 Å². The molecule has 0 fully saturated rings. The van der Waals surface area contributed by atoms with Gasteiger partial charge in [0.15, 0.2) is 11.3 Å². The second-order valence-corrected chi connectivity index (χ2v) is 6.67. The zero-order chi connectivity index (χ0) is 21.8.